The van der Waals surface area contributed by atoms with E-state index in [0.717, 1.165) is 22.2 Å². The van der Waals surface area contributed by atoms with Gasteiger partial charge in [-0.1, -0.05) is 54.6 Å². The molecule has 1 saturated heterocycles. The maximum Gasteiger partial charge on any atom is 0.293 e. The van der Waals surface area contributed by atoms with E-state index in [9.17, 15) is 14.0 Å². The zero-order valence-corrected chi connectivity index (χ0v) is 18.1. The number of hydrogen-bond acceptors (Lipinski definition) is 5. The average molecular weight is 450 g/mol. The quantitative estimate of drug-likeness (QED) is 0.436. The van der Waals surface area contributed by atoms with Crippen LogP contribution in [0.25, 0.3) is 6.08 Å². The number of benzene rings is 3. The van der Waals surface area contributed by atoms with Crippen molar-refractivity contribution >= 4 is 29.0 Å². The van der Waals surface area contributed by atoms with Crippen LogP contribution in [0.2, 0.25) is 0 Å². The highest BCUT2D eigenvalue weighted by Gasteiger charge is 2.35. The summed E-state index contributed by atoms with van der Waals surface area (Å²) in [6, 6.07) is 21.1. The van der Waals surface area contributed by atoms with Crippen molar-refractivity contribution in [1.29, 1.82) is 0 Å². The first-order chi connectivity index (χ1) is 15.5. The van der Waals surface area contributed by atoms with Gasteiger partial charge in [0.05, 0.1) is 18.6 Å². The molecule has 1 aliphatic heterocycles. The van der Waals surface area contributed by atoms with Crippen LogP contribution in [0.5, 0.6) is 11.5 Å². The number of nitrogens with zero attached hydrogens (tertiary/aromatic N) is 1. The van der Waals surface area contributed by atoms with Gasteiger partial charge >= 0.3 is 0 Å². The third kappa shape index (κ3) is 4.84. The Bertz CT molecular complexity index is 1180. The molecule has 0 aliphatic carbocycles. The first kappa shape index (κ1) is 21.6. The molecule has 1 fully saturated rings. The summed E-state index contributed by atoms with van der Waals surface area (Å²) < 4.78 is 25.2. The lowest BCUT2D eigenvalue weighted by atomic mass is 10.1. The smallest absolute Gasteiger partial charge is 0.293 e. The molecule has 0 saturated carbocycles. The molecule has 3 aromatic rings. The number of imide groups is 1. The van der Waals surface area contributed by atoms with Gasteiger partial charge in [0.2, 0.25) is 0 Å². The summed E-state index contributed by atoms with van der Waals surface area (Å²) in [4.78, 5) is 26.4. The SMILES string of the molecule is COc1cc(/C=C2\SC(=O)N(Cc3ccccc3F)C2=O)ccc1OCc1ccccc1. The summed E-state index contributed by atoms with van der Waals surface area (Å²) in [5.74, 6) is 0.180. The number of thioether (sulfide) groups is 1. The molecule has 2 amide bonds. The lowest BCUT2D eigenvalue weighted by Crippen LogP contribution is -2.27. The molecule has 162 valence electrons. The van der Waals surface area contributed by atoms with Crippen LogP contribution in [0.1, 0.15) is 16.7 Å². The lowest BCUT2D eigenvalue weighted by Gasteiger charge is -2.13. The summed E-state index contributed by atoms with van der Waals surface area (Å²) in [5.41, 5.74) is 2.00. The topological polar surface area (TPSA) is 55.8 Å². The Morgan fingerprint density at radius 1 is 0.969 bits per heavy atom. The predicted octanol–water partition coefficient (Wildman–Crippen LogP) is 5.65. The second-order valence-corrected chi connectivity index (χ2v) is 8.04. The van der Waals surface area contributed by atoms with Gasteiger partial charge in [0.1, 0.15) is 12.4 Å². The Morgan fingerprint density at radius 2 is 1.72 bits per heavy atom. The summed E-state index contributed by atoms with van der Waals surface area (Å²) in [6.07, 6.45) is 1.62. The molecule has 1 heterocycles. The number of amides is 2. The molecule has 4 rings (SSSR count). The molecule has 0 atom stereocenters. The van der Waals surface area contributed by atoms with E-state index in [0.29, 0.717) is 23.7 Å². The van der Waals surface area contributed by atoms with Gasteiger partial charge in [-0.25, -0.2) is 4.39 Å². The van der Waals surface area contributed by atoms with Crippen LogP contribution in [-0.2, 0) is 17.9 Å². The number of rotatable bonds is 7. The third-order valence-electron chi connectivity index (χ3n) is 4.88. The highest BCUT2D eigenvalue weighted by molar-refractivity contribution is 8.18. The van der Waals surface area contributed by atoms with Gasteiger partial charge in [-0.15, -0.1) is 0 Å². The van der Waals surface area contributed by atoms with Crippen molar-refractivity contribution in [3.63, 3.8) is 0 Å². The molecule has 0 unspecified atom stereocenters. The first-order valence-electron chi connectivity index (χ1n) is 9.88. The van der Waals surface area contributed by atoms with Crippen molar-refractivity contribution in [2.24, 2.45) is 0 Å². The fourth-order valence-electron chi connectivity index (χ4n) is 3.21. The number of hydrogen-bond donors (Lipinski definition) is 0. The molecule has 1 aliphatic rings. The minimum atomic E-state index is -0.452. The van der Waals surface area contributed by atoms with Gasteiger partial charge in [0.15, 0.2) is 11.5 Å². The van der Waals surface area contributed by atoms with Crippen LogP contribution >= 0.6 is 11.8 Å². The van der Waals surface area contributed by atoms with Crippen LogP contribution in [0.3, 0.4) is 0 Å². The largest absolute Gasteiger partial charge is 0.493 e. The van der Waals surface area contributed by atoms with Crippen molar-refractivity contribution in [3.05, 3.63) is 100 Å². The molecule has 5 nitrogen and oxygen atoms in total. The van der Waals surface area contributed by atoms with Crippen LogP contribution < -0.4 is 9.47 Å². The van der Waals surface area contributed by atoms with Gasteiger partial charge in [-0.2, -0.15) is 0 Å². The molecule has 0 aromatic heterocycles. The van der Waals surface area contributed by atoms with Crippen LogP contribution in [-0.4, -0.2) is 23.2 Å². The maximum absolute atomic E-state index is 13.9. The molecule has 0 spiro atoms. The second-order valence-electron chi connectivity index (χ2n) is 7.04. The molecule has 0 bridgehead atoms. The minimum absolute atomic E-state index is 0.107. The van der Waals surface area contributed by atoms with E-state index >= 15 is 0 Å². The van der Waals surface area contributed by atoms with E-state index in [-0.39, 0.29) is 17.0 Å². The fraction of sp³-hybridized carbons (Fsp3) is 0.120. The fourth-order valence-corrected chi connectivity index (χ4v) is 4.05. The molecule has 0 radical (unpaired) electrons. The number of carbonyl (C=O) groups is 2. The normalized spacial score (nSPS) is 14.8. The van der Waals surface area contributed by atoms with Crippen molar-refractivity contribution in [2.45, 2.75) is 13.2 Å². The Morgan fingerprint density at radius 3 is 2.47 bits per heavy atom. The second kappa shape index (κ2) is 9.70. The van der Waals surface area contributed by atoms with E-state index in [2.05, 4.69) is 0 Å². The third-order valence-corrected chi connectivity index (χ3v) is 5.79. The summed E-state index contributed by atoms with van der Waals surface area (Å²) in [7, 11) is 1.54. The highest BCUT2D eigenvalue weighted by atomic mass is 32.2. The van der Waals surface area contributed by atoms with Gasteiger partial charge in [-0.3, -0.25) is 14.5 Å². The Kier molecular flexibility index (Phi) is 6.56. The van der Waals surface area contributed by atoms with Crippen molar-refractivity contribution in [1.82, 2.24) is 4.90 Å². The van der Waals surface area contributed by atoms with Crippen LogP contribution in [0, 0.1) is 5.82 Å². The van der Waals surface area contributed by atoms with E-state index in [1.165, 1.54) is 13.2 Å². The van der Waals surface area contributed by atoms with Crippen molar-refractivity contribution in [3.8, 4) is 11.5 Å². The Balaban J connectivity index is 1.50. The van der Waals surface area contributed by atoms with Gasteiger partial charge in [0.25, 0.3) is 11.1 Å². The standard InChI is InChI=1S/C25H20FNO4S/c1-30-22-13-18(11-12-21(22)31-16-17-7-3-2-4-8-17)14-23-24(28)27(25(29)32-23)15-19-9-5-6-10-20(19)26/h2-14H,15-16H2,1H3/b23-14-. The number of ether oxygens (including phenoxy) is 2. The zero-order chi connectivity index (χ0) is 22.5. The van der Waals surface area contributed by atoms with E-state index < -0.39 is 17.0 Å². The average Bonchev–Trinajstić information content (AvgIpc) is 3.07. The molecule has 7 heteroatoms. The molecule has 3 aromatic carbocycles. The van der Waals surface area contributed by atoms with Crippen molar-refractivity contribution < 1.29 is 23.5 Å². The number of carbonyl (C=O) groups excluding carboxylic acids is 2. The number of halogens is 1. The summed E-state index contributed by atoms with van der Waals surface area (Å²) >= 11 is 0.831. The summed E-state index contributed by atoms with van der Waals surface area (Å²) in [5, 5.41) is -0.431. The van der Waals surface area contributed by atoms with Gasteiger partial charge in [-0.05, 0) is 47.2 Å². The van der Waals surface area contributed by atoms with Crippen LogP contribution in [0.4, 0.5) is 9.18 Å². The van der Waals surface area contributed by atoms with Crippen LogP contribution in [0.15, 0.2) is 77.7 Å². The van der Waals surface area contributed by atoms with E-state index in [4.69, 9.17) is 9.47 Å². The van der Waals surface area contributed by atoms with Gasteiger partial charge < -0.3 is 9.47 Å². The Labute approximate surface area is 189 Å². The number of methoxy groups -OCH3 is 1. The maximum atomic E-state index is 13.9. The minimum Gasteiger partial charge on any atom is -0.493 e. The molecule has 32 heavy (non-hydrogen) atoms. The van der Waals surface area contributed by atoms with Crippen molar-refractivity contribution in [2.75, 3.05) is 7.11 Å². The monoisotopic (exact) mass is 449 g/mol. The predicted molar refractivity (Wildman–Crippen MR) is 122 cm³/mol. The van der Waals surface area contributed by atoms with E-state index in [1.807, 2.05) is 30.3 Å². The van der Waals surface area contributed by atoms with E-state index in [1.54, 1.807) is 42.5 Å². The molecule has 0 N–H and O–H groups in total. The molecular weight excluding hydrogens is 429 g/mol. The lowest BCUT2D eigenvalue weighted by molar-refractivity contribution is -0.123. The zero-order valence-electron chi connectivity index (χ0n) is 17.3. The first-order valence-corrected chi connectivity index (χ1v) is 10.7. The summed E-state index contributed by atoms with van der Waals surface area (Å²) in [6.45, 7) is 0.287. The Hall–Kier alpha value is -3.58. The van der Waals surface area contributed by atoms with Gasteiger partial charge in [0, 0.05) is 5.56 Å². The highest BCUT2D eigenvalue weighted by Crippen LogP contribution is 2.35. The molecular formula is C25H20FNO4S.